The number of anilines is 1. The average Bonchev–Trinajstić information content (AvgIpc) is 2.50. The van der Waals surface area contributed by atoms with Gasteiger partial charge in [-0.3, -0.25) is 10.0 Å². The van der Waals surface area contributed by atoms with Gasteiger partial charge in [-0.1, -0.05) is 42.5 Å². The Balaban J connectivity index is 1.74. The maximum Gasteiger partial charge on any atom is 0.320 e. The van der Waals surface area contributed by atoms with Crippen LogP contribution in [0.4, 0.5) is 5.69 Å². The Labute approximate surface area is 115 Å². The van der Waals surface area contributed by atoms with Gasteiger partial charge in [-0.15, -0.1) is 0 Å². The highest BCUT2D eigenvalue weighted by molar-refractivity contribution is 5.97. The Morgan fingerprint density at radius 1 is 1.10 bits per heavy atom. The highest BCUT2D eigenvalue weighted by Crippen LogP contribution is 2.32. The van der Waals surface area contributed by atoms with Crippen LogP contribution in [0.2, 0.25) is 0 Å². The second-order valence-electron chi connectivity index (χ2n) is 4.36. The van der Waals surface area contributed by atoms with Crippen LogP contribution in [0, 0.1) is 0 Å². The summed E-state index contributed by atoms with van der Waals surface area (Å²) in [5, 5.41) is 10.4. The number of hydrogen-bond donors (Lipinski definition) is 1. The van der Waals surface area contributed by atoms with Gasteiger partial charge in [0.15, 0.2) is 0 Å². The summed E-state index contributed by atoms with van der Waals surface area (Å²) < 4.78 is 10.9. The van der Waals surface area contributed by atoms with Crippen molar-refractivity contribution in [2.75, 3.05) is 5.06 Å². The van der Waals surface area contributed by atoms with Gasteiger partial charge in [-0.05, 0) is 17.7 Å². The zero-order chi connectivity index (χ0) is 13.9. The van der Waals surface area contributed by atoms with Crippen LogP contribution in [0.1, 0.15) is 5.56 Å². The molecular weight excluding hydrogens is 258 g/mol. The predicted octanol–water partition coefficient (Wildman–Crippen LogP) is 2.34. The molecule has 0 aliphatic carbocycles. The van der Waals surface area contributed by atoms with Gasteiger partial charge in [0.2, 0.25) is 0 Å². The minimum Gasteiger partial charge on any atom is -0.453 e. The lowest BCUT2D eigenvalue weighted by Crippen LogP contribution is -2.45. The van der Waals surface area contributed by atoms with Gasteiger partial charge < -0.3 is 9.47 Å². The Morgan fingerprint density at radius 2 is 1.80 bits per heavy atom. The normalized spacial score (nSPS) is 17.6. The molecule has 102 valence electrons. The summed E-state index contributed by atoms with van der Waals surface area (Å²) in [5.41, 5.74) is 1.24. The number of ether oxygens (including phenoxy) is 2. The van der Waals surface area contributed by atoms with E-state index < -0.39 is 12.2 Å². The Bertz CT molecular complexity index is 614. The molecule has 0 spiro atoms. The molecule has 0 bridgehead atoms. The highest BCUT2D eigenvalue weighted by Gasteiger charge is 2.34. The Hall–Kier alpha value is -2.37. The molecule has 1 heterocycles. The maximum absolute atomic E-state index is 11.9. The SMILES string of the molecule is O=C1C(OCc2ccccc2)Oc2ccccc2N1O. The third kappa shape index (κ3) is 2.36. The van der Waals surface area contributed by atoms with Crippen molar-refractivity contribution in [3.63, 3.8) is 0 Å². The molecular formula is C15H13NO4. The number of rotatable bonds is 3. The average molecular weight is 271 g/mol. The first-order valence-corrected chi connectivity index (χ1v) is 6.20. The monoisotopic (exact) mass is 271 g/mol. The first kappa shape index (κ1) is 12.7. The summed E-state index contributed by atoms with van der Waals surface area (Å²) in [4.78, 5) is 11.9. The second-order valence-corrected chi connectivity index (χ2v) is 4.36. The molecule has 2 aromatic carbocycles. The molecule has 1 amide bonds. The molecule has 0 radical (unpaired) electrons. The highest BCUT2D eigenvalue weighted by atomic mass is 16.7. The molecule has 3 rings (SSSR count). The van der Waals surface area contributed by atoms with Gasteiger partial charge in [-0.2, -0.15) is 5.06 Å². The summed E-state index contributed by atoms with van der Waals surface area (Å²) in [6.07, 6.45) is -1.14. The van der Waals surface area contributed by atoms with Gasteiger partial charge in [0.05, 0.1) is 6.61 Å². The first-order valence-electron chi connectivity index (χ1n) is 6.20. The van der Waals surface area contributed by atoms with E-state index >= 15 is 0 Å². The van der Waals surface area contributed by atoms with Crippen molar-refractivity contribution >= 4 is 11.6 Å². The standard InChI is InChI=1S/C15H13NO4/c17-14-15(19-10-11-6-2-1-3-7-11)20-13-9-5-4-8-12(13)16(14)18/h1-9,15,18H,10H2. The molecule has 0 saturated heterocycles. The lowest BCUT2D eigenvalue weighted by Gasteiger charge is -2.29. The minimum absolute atomic E-state index is 0.229. The van der Waals surface area contributed by atoms with Crippen molar-refractivity contribution in [1.29, 1.82) is 0 Å². The topological polar surface area (TPSA) is 59.0 Å². The van der Waals surface area contributed by atoms with E-state index in [9.17, 15) is 10.0 Å². The second kappa shape index (κ2) is 5.32. The van der Waals surface area contributed by atoms with E-state index in [1.165, 1.54) is 0 Å². The molecule has 1 unspecified atom stereocenters. The Kier molecular flexibility index (Phi) is 3.37. The number of carbonyl (C=O) groups excluding carboxylic acids is 1. The summed E-state index contributed by atoms with van der Waals surface area (Å²) in [6, 6.07) is 16.2. The molecule has 20 heavy (non-hydrogen) atoms. The molecule has 1 aliphatic rings. The van der Waals surface area contributed by atoms with Crippen LogP contribution in [0.25, 0.3) is 0 Å². The molecule has 5 heteroatoms. The predicted molar refractivity (Wildman–Crippen MR) is 71.4 cm³/mol. The van der Waals surface area contributed by atoms with Gasteiger partial charge in [0.25, 0.3) is 6.29 Å². The van der Waals surface area contributed by atoms with E-state index in [4.69, 9.17) is 9.47 Å². The van der Waals surface area contributed by atoms with Crippen molar-refractivity contribution < 1.29 is 19.5 Å². The molecule has 2 aromatic rings. The van der Waals surface area contributed by atoms with E-state index in [1.807, 2.05) is 30.3 Å². The number of hydrogen-bond acceptors (Lipinski definition) is 4. The van der Waals surface area contributed by atoms with Crippen LogP contribution in [0.15, 0.2) is 54.6 Å². The summed E-state index contributed by atoms with van der Waals surface area (Å²) in [6.45, 7) is 0.229. The van der Waals surface area contributed by atoms with E-state index in [1.54, 1.807) is 24.3 Å². The van der Waals surface area contributed by atoms with E-state index in [-0.39, 0.29) is 6.61 Å². The van der Waals surface area contributed by atoms with E-state index in [0.717, 1.165) is 5.56 Å². The van der Waals surface area contributed by atoms with Crippen LogP contribution in [0.3, 0.4) is 0 Å². The zero-order valence-corrected chi connectivity index (χ0v) is 10.6. The molecule has 0 saturated carbocycles. The smallest absolute Gasteiger partial charge is 0.320 e. The van der Waals surface area contributed by atoms with Gasteiger partial charge >= 0.3 is 5.91 Å². The van der Waals surface area contributed by atoms with Crippen LogP contribution in [-0.2, 0) is 16.1 Å². The molecule has 1 aliphatic heterocycles. The summed E-state index contributed by atoms with van der Waals surface area (Å²) in [7, 11) is 0. The maximum atomic E-state index is 11.9. The molecule has 0 fully saturated rings. The van der Waals surface area contributed by atoms with Gasteiger partial charge in [0.1, 0.15) is 11.4 Å². The van der Waals surface area contributed by atoms with Crippen LogP contribution >= 0.6 is 0 Å². The molecule has 1 atom stereocenters. The van der Waals surface area contributed by atoms with E-state index in [2.05, 4.69) is 0 Å². The first-order chi connectivity index (χ1) is 9.75. The third-order valence-corrected chi connectivity index (χ3v) is 2.98. The van der Waals surface area contributed by atoms with Crippen LogP contribution < -0.4 is 9.80 Å². The van der Waals surface area contributed by atoms with Crippen molar-refractivity contribution in [2.45, 2.75) is 12.9 Å². The molecule has 0 aromatic heterocycles. The largest absolute Gasteiger partial charge is 0.453 e. The lowest BCUT2D eigenvalue weighted by atomic mass is 10.2. The van der Waals surface area contributed by atoms with E-state index in [0.29, 0.717) is 16.5 Å². The van der Waals surface area contributed by atoms with Crippen molar-refractivity contribution in [1.82, 2.24) is 0 Å². The van der Waals surface area contributed by atoms with Gasteiger partial charge in [-0.25, -0.2) is 0 Å². The lowest BCUT2D eigenvalue weighted by molar-refractivity contribution is -0.160. The van der Waals surface area contributed by atoms with Crippen molar-refractivity contribution in [2.24, 2.45) is 0 Å². The number of carbonyl (C=O) groups is 1. The molecule has 1 N–H and O–H groups in total. The fraction of sp³-hybridized carbons (Fsp3) is 0.133. The van der Waals surface area contributed by atoms with Gasteiger partial charge in [0, 0.05) is 0 Å². The van der Waals surface area contributed by atoms with Crippen molar-refractivity contribution in [3.05, 3.63) is 60.2 Å². The van der Waals surface area contributed by atoms with Crippen molar-refractivity contribution in [3.8, 4) is 5.75 Å². The fourth-order valence-corrected chi connectivity index (χ4v) is 1.97. The van der Waals surface area contributed by atoms with Crippen LogP contribution in [-0.4, -0.2) is 17.4 Å². The number of nitrogens with zero attached hydrogens (tertiary/aromatic N) is 1. The number of hydroxylamine groups is 1. The number of amides is 1. The van der Waals surface area contributed by atoms with Crippen LogP contribution in [0.5, 0.6) is 5.75 Å². The number of para-hydroxylation sites is 2. The zero-order valence-electron chi connectivity index (χ0n) is 10.6. The minimum atomic E-state index is -1.14. The molecule has 5 nitrogen and oxygen atoms in total. The summed E-state index contributed by atoms with van der Waals surface area (Å²) in [5.74, 6) is -0.229. The Morgan fingerprint density at radius 3 is 2.60 bits per heavy atom. The fourth-order valence-electron chi connectivity index (χ4n) is 1.97. The number of fused-ring (bicyclic) bond motifs is 1. The quantitative estimate of drug-likeness (QED) is 0.870. The third-order valence-electron chi connectivity index (χ3n) is 2.98. The number of benzene rings is 2. The summed E-state index contributed by atoms with van der Waals surface area (Å²) >= 11 is 0.